The zero-order chi connectivity index (χ0) is 17.8. The predicted octanol–water partition coefficient (Wildman–Crippen LogP) is 3.05. The zero-order valence-electron chi connectivity index (χ0n) is 14.3. The van der Waals surface area contributed by atoms with E-state index in [1.54, 1.807) is 13.3 Å². The van der Waals surface area contributed by atoms with Gasteiger partial charge < -0.3 is 25.4 Å². The number of hydrogen-bond acceptors (Lipinski definition) is 7. The van der Waals surface area contributed by atoms with E-state index in [-0.39, 0.29) is 6.10 Å². The van der Waals surface area contributed by atoms with Crippen molar-refractivity contribution in [2.24, 2.45) is 0 Å². The van der Waals surface area contributed by atoms with Crippen LogP contribution < -0.4 is 20.5 Å². The first kappa shape index (κ1) is 17.8. The monoisotopic (exact) mass is 407 g/mol. The second-order valence-electron chi connectivity index (χ2n) is 6.03. The molecule has 0 bridgehead atoms. The van der Waals surface area contributed by atoms with Crippen LogP contribution in [0.3, 0.4) is 0 Å². The van der Waals surface area contributed by atoms with E-state index in [0.29, 0.717) is 22.0 Å². The Labute approximate surface area is 155 Å². The molecule has 0 spiro atoms. The van der Waals surface area contributed by atoms with E-state index < -0.39 is 0 Å². The molecule has 1 saturated heterocycles. The normalized spacial score (nSPS) is 15.8. The fourth-order valence-electron chi connectivity index (χ4n) is 2.71. The molecule has 3 N–H and O–H groups in total. The molecule has 134 valence electrons. The van der Waals surface area contributed by atoms with Crippen LogP contribution >= 0.6 is 15.9 Å². The third kappa shape index (κ3) is 4.52. The van der Waals surface area contributed by atoms with Crippen molar-refractivity contribution in [2.75, 3.05) is 38.3 Å². The summed E-state index contributed by atoms with van der Waals surface area (Å²) in [5.74, 6) is 2.24. The molecule has 3 rings (SSSR count). The second-order valence-corrected chi connectivity index (χ2v) is 6.89. The summed E-state index contributed by atoms with van der Waals surface area (Å²) in [5.41, 5.74) is 6.54. The molecule has 1 fully saturated rings. The fourth-order valence-corrected chi connectivity index (χ4v) is 2.91. The molecular formula is C17H22BrN5O2. The third-order valence-corrected chi connectivity index (χ3v) is 4.77. The number of likely N-dealkylation sites (tertiary alicyclic amines) is 1. The minimum absolute atomic E-state index is 0.233. The number of benzene rings is 1. The van der Waals surface area contributed by atoms with Gasteiger partial charge in [-0.2, -0.15) is 4.98 Å². The number of piperidine rings is 1. The number of hydrogen-bond donors (Lipinski definition) is 2. The van der Waals surface area contributed by atoms with E-state index in [4.69, 9.17) is 15.2 Å². The highest BCUT2D eigenvalue weighted by molar-refractivity contribution is 9.10. The number of halogens is 1. The largest absolute Gasteiger partial charge is 0.495 e. The van der Waals surface area contributed by atoms with E-state index in [2.05, 4.69) is 43.2 Å². The molecule has 8 heteroatoms. The lowest BCUT2D eigenvalue weighted by atomic mass is 10.1. The van der Waals surface area contributed by atoms with Crippen LogP contribution in [0.5, 0.6) is 11.5 Å². The van der Waals surface area contributed by atoms with Gasteiger partial charge in [0.25, 0.3) is 0 Å². The Morgan fingerprint density at radius 1 is 1.32 bits per heavy atom. The highest BCUT2D eigenvalue weighted by Gasteiger charge is 2.18. The van der Waals surface area contributed by atoms with Gasteiger partial charge in [0.1, 0.15) is 23.4 Å². The zero-order valence-corrected chi connectivity index (χ0v) is 15.9. The van der Waals surface area contributed by atoms with Crippen molar-refractivity contribution in [3.05, 3.63) is 28.9 Å². The number of rotatable bonds is 5. The quantitative estimate of drug-likeness (QED) is 0.787. The molecule has 7 nitrogen and oxygen atoms in total. The minimum Gasteiger partial charge on any atom is -0.495 e. The molecule has 2 aromatic rings. The summed E-state index contributed by atoms with van der Waals surface area (Å²) in [6.07, 6.45) is 3.89. The van der Waals surface area contributed by atoms with Crippen LogP contribution in [0.1, 0.15) is 12.8 Å². The Morgan fingerprint density at radius 3 is 2.76 bits per heavy atom. The molecule has 1 aromatic carbocycles. The van der Waals surface area contributed by atoms with Crippen LogP contribution in [-0.2, 0) is 0 Å². The van der Waals surface area contributed by atoms with Gasteiger partial charge in [0.05, 0.1) is 17.3 Å². The maximum absolute atomic E-state index is 6.13. The molecule has 25 heavy (non-hydrogen) atoms. The number of anilines is 3. The third-order valence-electron chi connectivity index (χ3n) is 4.16. The summed E-state index contributed by atoms with van der Waals surface area (Å²) < 4.78 is 12.2. The second kappa shape index (κ2) is 7.88. The number of nitrogens with two attached hydrogens (primary N) is 1. The van der Waals surface area contributed by atoms with Crippen LogP contribution in [0.2, 0.25) is 0 Å². The number of nitrogens with one attached hydrogen (secondary N) is 1. The smallest absolute Gasteiger partial charge is 0.229 e. The highest BCUT2D eigenvalue weighted by atomic mass is 79.9. The van der Waals surface area contributed by atoms with Gasteiger partial charge in [-0.3, -0.25) is 0 Å². The fraction of sp³-hybridized carbons (Fsp3) is 0.412. The van der Waals surface area contributed by atoms with Crippen LogP contribution in [-0.4, -0.2) is 48.2 Å². The summed E-state index contributed by atoms with van der Waals surface area (Å²) in [5, 5.41) is 3.14. The predicted molar refractivity (Wildman–Crippen MR) is 102 cm³/mol. The summed E-state index contributed by atoms with van der Waals surface area (Å²) in [6.45, 7) is 2.11. The Hall–Kier alpha value is -2.06. The van der Waals surface area contributed by atoms with E-state index in [9.17, 15) is 0 Å². The van der Waals surface area contributed by atoms with Gasteiger partial charge in [-0.15, -0.1) is 0 Å². The van der Waals surface area contributed by atoms with E-state index >= 15 is 0 Å². The highest BCUT2D eigenvalue weighted by Crippen LogP contribution is 2.32. The van der Waals surface area contributed by atoms with E-state index in [1.165, 1.54) is 0 Å². The Kier molecular flexibility index (Phi) is 5.60. The lowest BCUT2D eigenvalue weighted by Gasteiger charge is -2.29. The van der Waals surface area contributed by atoms with Gasteiger partial charge in [0.2, 0.25) is 5.95 Å². The Morgan fingerprint density at radius 2 is 2.08 bits per heavy atom. The number of ether oxygens (including phenoxy) is 2. The molecular weight excluding hydrogens is 386 g/mol. The van der Waals surface area contributed by atoms with E-state index in [0.717, 1.165) is 37.4 Å². The van der Waals surface area contributed by atoms with Crippen LogP contribution in [0.4, 0.5) is 17.5 Å². The lowest BCUT2D eigenvalue weighted by Crippen LogP contribution is -2.35. The van der Waals surface area contributed by atoms with Crippen molar-refractivity contribution in [1.29, 1.82) is 0 Å². The van der Waals surface area contributed by atoms with Crippen molar-refractivity contribution in [3.8, 4) is 11.5 Å². The molecule has 1 aliphatic heterocycles. The van der Waals surface area contributed by atoms with Crippen LogP contribution in [0.25, 0.3) is 0 Å². The van der Waals surface area contributed by atoms with Gasteiger partial charge in [0, 0.05) is 25.4 Å². The minimum atomic E-state index is 0.233. The Balaban J connectivity index is 1.76. The molecule has 1 aliphatic rings. The van der Waals surface area contributed by atoms with Crippen LogP contribution in [0.15, 0.2) is 28.9 Å². The number of methoxy groups -OCH3 is 1. The van der Waals surface area contributed by atoms with Crippen molar-refractivity contribution in [3.63, 3.8) is 0 Å². The van der Waals surface area contributed by atoms with Gasteiger partial charge in [-0.1, -0.05) is 0 Å². The van der Waals surface area contributed by atoms with E-state index in [1.807, 2.05) is 18.2 Å². The summed E-state index contributed by atoms with van der Waals surface area (Å²) in [6, 6.07) is 5.69. The van der Waals surface area contributed by atoms with Crippen LogP contribution in [0, 0.1) is 0 Å². The molecule has 0 unspecified atom stereocenters. The van der Waals surface area contributed by atoms with Gasteiger partial charge in [0.15, 0.2) is 0 Å². The van der Waals surface area contributed by atoms with Crippen molar-refractivity contribution < 1.29 is 9.47 Å². The SMILES string of the molecule is COc1ccc(OC2CCN(C)CC2)cc1Nc1ncc(Br)c(N)n1. The molecule has 0 atom stereocenters. The summed E-state index contributed by atoms with van der Waals surface area (Å²) in [4.78, 5) is 10.7. The van der Waals surface area contributed by atoms with Crippen molar-refractivity contribution >= 4 is 33.4 Å². The van der Waals surface area contributed by atoms with Gasteiger partial charge in [-0.05, 0) is 48.0 Å². The molecule has 0 amide bonds. The van der Waals surface area contributed by atoms with Crippen molar-refractivity contribution in [1.82, 2.24) is 14.9 Å². The van der Waals surface area contributed by atoms with Gasteiger partial charge >= 0.3 is 0 Å². The number of nitrogens with zero attached hydrogens (tertiary/aromatic N) is 3. The molecule has 2 heterocycles. The molecule has 0 aliphatic carbocycles. The maximum Gasteiger partial charge on any atom is 0.229 e. The topological polar surface area (TPSA) is 85.5 Å². The average molecular weight is 408 g/mol. The maximum atomic E-state index is 6.13. The standard InChI is InChI=1S/C17H22BrN5O2/c1-23-7-5-11(6-8-23)25-12-3-4-15(24-2)14(9-12)21-17-20-10-13(18)16(19)22-17/h3-4,9-11H,5-8H2,1-2H3,(H3,19,20,21,22). The van der Waals surface area contributed by atoms with Crippen molar-refractivity contribution in [2.45, 2.75) is 18.9 Å². The first-order valence-corrected chi connectivity index (χ1v) is 8.92. The Bertz CT molecular complexity index is 735. The first-order valence-electron chi connectivity index (χ1n) is 8.13. The average Bonchev–Trinajstić information content (AvgIpc) is 2.60. The number of aromatic nitrogens is 2. The molecule has 1 aromatic heterocycles. The molecule has 0 radical (unpaired) electrons. The summed E-state index contributed by atoms with van der Waals surface area (Å²) >= 11 is 3.29. The first-order chi connectivity index (χ1) is 12.0. The molecule has 0 saturated carbocycles. The summed E-state index contributed by atoms with van der Waals surface area (Å²) in [7, 11) is 3.75. The lowest BCUT2D eigenvalue weighted by molar-refractivity contribution is 0.114. The van der Waals surface area contributed by atoms with Gasteiger partial charge in [-0.25, -0.2) is 4.98 Å². The number of nitrogen functional groups attached to an aromatic ring is 1.